The quantitative estimate of drug-likeness (QED) is 0.785. The Labute approximate surface area is 114 Å². The number of hydrogen-bond donors (Lipinski definition) is 2. The lowest BCUT2D eigenvalue weighted by molar-refractivity contribution is -0.140. The summed E-state index contributed by atoms with van der Waals surface area (Å²) in [6.07, 6.45) is 1.51. The molecule has 0 radical (unpaired) electrons. The number of carboxylic acid groups (broad SMARTS) is 1. The summed E-state index contributed by atoms with van der Waals surface area (Å²) < 4.78 is 5.12. The summed E-state index contributed by atoms with van der Waals surface area (Å²) in [6.45, 7) is 5.84. The molecule has 1 saturated heterocycles. The van der Waals surface area contributed by atoms with Crippen molar-refractivity contribution in [2.45, 2.75) is 32.7 Å². The maximum Gasteiger partial charge on any atom is 0.407 e. The lowest BCUT2D eigenvalue weighted by Crippen LogP contribution is -2.45. The number of piperidine rings is 1. The second-order valence-corrected chi connectivity index (χ2v) is 5.57. The zero-order valence-corrected chi connectivity index (χ0v) is 11.9. The van der Waals surface area contributed by atoms with Gasteiger partial charge in [-0.25, -0.2) is 9.59 Å². The van der Waals surface area contributed by atoms with Crippen LogP contribution in [-0.2, 0) is 9.53 Å². The van der Waals surface area contributed by atoms with E-state index >= 15 is 0 Å². The number of carbonyl (C=O) groups excluding carboxylic acids is 1. The van der Waals surface area contributed by atoms with Crippen LogP contribution in [0.1, 0.15) is 26.7 Å². The molecule has 0 spiro atoms. The van der Waals surface area contributed by atoms with Crippen LogP contribution in [0.2, 0.25) is 0 Å². The summed E-state index contributed by atoms with van der Waals surface area (Å²) in [5.74, 6) is -0.873. The maximum atomic E-state index is 11.6. The molecule has 0 bridgehead atoms. The van der Waals surface area contributed by atoms with Gasteiger partial charge in [0.1, 0.15) is 6.04 Å². The Kier molecular flexibility index (Phi) is 6.08. The zero-order valence-electron chi connectivity index (χ0n) is 11.9. The molecule has 0 aliphatic carbocycles. The van der Waals surface area contributed by atoms with Gasteiger partial charge in [0.25, 0.3) is 0 Å². The monoisotopic (exact) mass is 272 g/mol. The Morgan fingerprint density at radius 3 is 2.68 bits per heavy atom. The minimum Gasteiger partial charge on any atom is -0.480 e. The summed E-state index contributed by atoms with van der Waals surface area (Å²) in [5, 5.41) is 11.4. The summed E-state index contributed by atoms with van der Waals surface area (Å²) in [4.78, 5) is 24.7. The molecule has 1 aliphatic rings. The fourth-order valence-corrected chi connectivity index (χ4v) is 2.28. The molecule has 1 aliphatic heterocycles. The maximum absolute atomic E-state index is 11.6. The average molecular weight is 272 g/mol. The van der Waals surface area contributed by atoms with E-state index in [2.05, 4.69) is 10.2 Å². The Bertz CT molecular complexity index is 320. The van der Waals surface area contributed by atoms with Gasteiger partial charge in [-0.1, -0.05) is 13.8 Å². The van der Waals surface area contributed by atoms with Gasteiger partial charge < -0.3 is 20.1 Å². The van der Waals surface area contributed by atoms with Crippen LogP contribution in [0.3, 0.4) is 0 Å². The number of carboxylic acids is 1. The first kappa shape index (κ1) is 15.8. The number of ether oxygens (including phenoxy) is 1. The SMILES string of the molecule is CC(C)C(NC(=O)OCC1CCCN(C)C1)C(=O)O. The van der Waals surface area contributed by atoms with Crippen LogP contribution in [0, 0.1) is 11.8 Å². The van der Waals surface area contributed by atoms with Crippen molar-refractivity contribution in [1.29, 1.82) is 0 Å². The molecule has 1 heterocycles. The third-order valence-corrected chi connectivity index (χ3v) is 3.38. The van der Waals surface area contributed by atoms with Gasteiger partial charge in [0.15, 0.2) is 0 Å². The first-order chi connectivity index (χ1) is 8.90. The van der Waals surface area contributed by atoms with Crippen molar-refractivity contribution in [2.75, 3.05) is 26.7 Å². The number of rotatable bonds is 5. The van der Waals surface area contributed by atoms with Gasteiger partial charge in [-0.05, 0) is 32.4 Å². The highest BCUT2D eigenvalue weighted by atomic mass is 16.5. The molecule has 110 valence electrons. The topological polar surface area (TPSA) is 78.9 Å². The van der Waals surface area contributed by atoms with Crippen molar-refractivity contribution in [3.8, 4) is 0 Å². The molecular formula is C13H24N2O4. The highest BCUT2D eigenvalue weighted by Crippen LogP contribution is 2.15. The number of nitrogens with zero attached hydrogens (tertiary/aromatic N) is 1. The number of alkyl carbamates (subject to hydrolysis) is 1. The molecule has 1 rings (SSSR count). The minimum absolute atomic E-state index is 0.175. The van der Waals surface area contributed by atoms with Crippen molar-refractivity contribution in [3.63, 3.8) is 0 Å². The molecule has 0 aromatic rings. The lowest BCUT2D eigenvalue weighted by Gasteiger charge is -2.29. The van der Waals surface area contributed by atoms with Crippen LogP contribution in [0.25, 0.3) is 0 Å². The van der Waals surface area contributed by atoms with Gasteiger partial charge in [-0.2, -0.15) is 0 Å². The Morgan fingerprint density at radius 2 is 2.16 bits per heavy atom. The molecule has 6 heteroatoms. The van der Waals surface area contributed by atoms with Crippen LogP contribution in [-0.4, -0.2) is 54.9 Å². The molecule has 2 atom stereocenters. The van der Waals surface area contributed by atoms with E-state index in [9.17, 15) is 9.59 Å². The Balaban J connectivity index is 2.32. The molecule has 19 heavy (non-hydrogen) atoms. The van der Waals surface area contributed by atoms with Gasteiger partial charge in [0, 0.05) is 12.5 Å². The number of nitrogens with one attached hydrogen (secondary N) is 1. The van der Waals surface area contributed by atoms with Crippen LogP contribution in [0.15, 0.2) is 0 Å². The number of carbonyl (C=O) groups is 2. The van der Waals surface area contributed by atoms with E-state index in [1.54, 1.807) is 13.8 Å². The molecule has 6 nitrogen and oxygen atoms in total. The predicted octanol–water partition coefficient (Wildman–Crippen LogP) is 1.16. The van der Waals surface area contributed by atoms with Gasteiger partial charge in [-0.3, -0.25) is 0 Å². The van der Waals surface area contributed by atoms with E-state index < -0.39 is 18.1 Å². The first-order valence-corrected chi connectivity index (χ1v) is 6.74. The van der Waals surface area contributed by atoms with E-state index in [-0.39, 0.29) is 5.92 Å². The normalized spacial score (nSPS) is 22.0. The van der Waals surface area contributed by atoms with Crippen LogP contribution >= 0.6 is 0 Å². The average Bonchev–Trinajstić information content (AvgIpc) is 2.32. The largest absolute Gasteiger partial charge is 0.480 e. The van der Waals surface area contributed by atoms with E-state index in [0.717, 1.165) is 25.9 Å². The molecule has 2 unspecified atom stereocenters. The molecule has 0 saturated carbocycles. The standard InChI is InChI=1S/C13H24N2O4/c1-9(2)11(12(16)17)14-13(18)19-8-10-5-4-6-15(3)7-10/h9-11H,4-8H2,1-3H3,(H,14,18)(H,16,17). The van der Waals surface area contributed by atoms with Gasteiger partial charge in [0.2, 0.25) is 0 Å². The second-order valence-electron chi connectivity index (χ2n) is 5.57. The van der Waals surface area contributed by atoms with Crippen LogP contribution in [0.5, 0.6) is 0 Å². The summed E-state index contributed by atoms with van der Waals surface area (Å²) in [6, 6.07) is -0.901. The zero-order chi connectivity index (χ0) is 14.4. The van der Waals surface area contributed by atoms with Gasteiger partial charge in [0.05, 0.1) is 6.61 Å². The highest BCUT2D eigenvalue weighted by molar-refractivity contribution is 5.80. The van der Waals surface area contributed by atoms with E-state index in [4.69, 9.17) is 9.84 Å². The second kappa shape index (κ2) is 7.33. The first-order valence-electron chi connectivity index (χ1n) is 6.74. The smallest absolute Gasteiger partial charge is 0.407 e. The third-order valence-electron chi connectivity index (χ3n) is 3.38. The van der Waals surface area contributed by atoms with Gasteiger partial charge in [-0.15, -0.1) is 0 Å². The van der Waals surface area contributed by atoms with Crippen molar-refractivity contribution < 1.29 is 19.4 Å². The lowest BCUT2D eigenvalue weighted by atomic mass is 10.00. The van der Waals surface area contributed by atoms with Crippen molar-refractivity contribution in [1.82, 2.24) is 10.2 Å². The fraction of sp³-hybridized carbons (Fsp3) is 0.846. The van der Waals surface area contributed by atoms with Crippen LogP contribution in [0.4, 0.5) is 4.79 Å². The molecule has 2 N–H and O–H groups in total. The fourth-order valence-electron chi connectivity index (χ4n) is 2.28. The minimum atomic E-state index is -1.04. The number of hydrogen-bond acceptors (Lipinski definition) is 4. The third kappa shape index (κ3) is 5.46. The Hall–Kier alpha value is -1.30. The number of amides is 1. The molecule has 0 aromatic heterocycles. The molecule has 1 fully saturated rings. The highest BCUT2D eigenvalue weighted by Gasteiger charge is 2.25. The summed E-state index contributed by atoms with van der Waals surface area (Å²) >= 11 is 0. The van der Waals surface area contributed by atoms with Crippen LogP contribution < -0.4 is 5.32 Å². The van der Waals surface area contributed by atoms with E-state index in [1.165, 1.54) is 0 Å². The molecule has 1 amide bonds. The summed E-state index contributed by atoms with van der Waals surface area (Å²) in [7, 11) is 2.05. The van der Waals surface area contributed by atoms with Gasteiger partial charge >= 0.3 is 12.1 Å². The number of aliphatic carboxylic acids is 1. The summed E-state index contributed by atoms with van der Waals surface area (Å²) in [5.41, 5.74) is 0. The predicted molar refractivity (Wildman–Crippen MR) is 71.0 cm³/mol. The van der Waals surface area contributed by atoms with E-state index in [0.29, 0.717) is 12.5 Å². The van der Waals surface area contributed by atoms with Crippen molar-refractivity contribution >= 4 is 12.1 Å². The number of likely N-dealkylation sites (tertiary alicyclic amines) is 1. The molecular weight excluding hydrogens is 248 g/mol. The van der Waals surface area contributed by atoms with Crippen molar-refractivity contribution in [2.24, 2.45) is 11.8 Å². The Morgan fingerprint density at radius 1 is 1.47 bits per heavy atom. The molecule has 0 aromatic carbocycles. The van der Waals surface area contributed by atoms with E-state index in [1.807, 2.05) is 7.05 Å². The van der Waals surface area contributed by atoms with Crippen molar-refractivity contribution in [3.05, 3.63) is 0 Å².